The second-order valence-electron chi connectivity index (χ2n) is 5.79. The van der Waals surface area contributed by atoms with Gasteiger partial charge >= 0.3 is 6.18 Å². The quantitative estimate of drug-likeness (QED) is 0.841. The molecule has 1 aliphatic rings. The van der Waals surface area contributed by atoms with Crippen LogP contribution in [-0.4, -0.2) is 34.0 Å². The van der Waals surface area contributed by atoms with Gasteiger partial charge in [-0.25, -0.2) is 0 Å². The van der Waals surface area contributed by atoms with Crippen molar-refractivity contribution in [1.82, 2.24) is 15.0 Å². The molecule has 1 fully saturated rings. The monoisotopic (exact) mass is 339 g/mol. The Morgan fingerprint density at radius 1 is 1.25 bits per heavy atom. The van der Waals surface area contributed by atoms with Crippen LogP contribution >= 0.6 is 0 Å². The van der Waals surface area contributed by atoms with Crippen molar-refractivity contribution in [3.05, 3.63) is 47.1 Å². The first kappa shape index (κ1) is 16.5. The average Bonchev–Trinajstić information content (AvgIpc) is 3.00. The molecule has 5 nitrogen and oxygen atoms in total. The van der Waals surface area contributed by atoms with E-state index in [4.69, 9.17) is 4.52 Å². The number of amides is 1. The molecular weight excluding hydrogens is 323 g/mol. The van der Waals surface area contributed by atoms with E-state index < -0.39 is 17.6 Å². The van der Waals surface area contributed by atoms with E-state index in [-0.39, 0.29) is 11.5 Å². The SMILES string of the molecule is Cc1noc(C2CCN(C(=O)c3ccccc3C(F)(F)F)CC2)n1. The number of aryl methyl sites for hydroxylation is 1. The van der Waals surface area contributed by atoms with E-state index in [1.165, 1.54) is 23.1 Å². The molecule has 0 aliphatic carbocycles. The van der Waals surface area contributed by atoms with Gasteiger partial charge in [-0.3, -0.25) is 4.79 Å². The molecule has 1 aromatic carbocycles. The van der Waals surface area contributed by atoms with Crippen molar-refractivity contribution in [2.75, 3.05) is 13.1 Å². The summed E-state index contributed by atoms with van der Waals surface area (Å²) in [5.74, 6) is 0.508. The molecule has 0 atom stereocenters. The van der Waals surface area contributed by atoms with Gasteiger partial charge in [-0.2, -0.15) is 18.2 Å². The fraction of sp³-hybridized carbons (Fsp3) is 0.438. The second kappa shape index (κ2) is 6.26. The van der Waals surface area contributed by atoms with E-state index in [0.717, 1.165) is 6.07 Å². The molecule has 128 valence electrons. The van der Waals surface area contributed by atoms with Crippen LogP contribution in [0.1, 0.15) is 46.4 Å². The van der Waals surface area contributed by atoms with E-state index in [1.807, 2.05) is 0 Å². The number of hydrogen-bond donors (Lipinski definition) is 0. The summed E-state index contributed by atoms with van der Waals surface area (Å²) in [6.45, 7) is 2.44. The van der Waals surface area contributed by atoms with Crippen molar-refractivity contribution in [2.24, 2.45) is 0 Å². The van der Waals surface area contributed by atoms with Gasteiger partial charge in [0.1, 0.15) is 0 Å². The van der Waals surface area contributed by atoms with Gasteiger partial charge < -0.3 is 9.42 Å². The van der Waals surface area contributed by atoms with Crippen molar-refractivity contribution in [1.29, 1.82) is 0 Å². The van der Waals surface area contributed by atoms with E-state index >= 15 is 0 Å². The number of carbonyl (C=O) groups is 1. The molecule has 0 radical (unpaired) electrons. The highest BCUT2D eigenvalue weighted by molar-refractivity contribution is 5.96. The number of hydrogen-bond acceptors (Lipinski definition) is 4. The lowest BCUT2D eigenvalue weighted by Crippen LogP contribution is -2.38. The van der Waals surface area contributed by atoms with Gasteiger partial charge in [0, 0.05) is 19.0 Å². The summed E-state index contributed by atoms with van der Waals surface area (Å²) in [5.41, 5.74) is -1.21. The largest absolute Gasteiger partial charge is 0.417 e. The normalized spacial score (nSPS) is 16.4. The molecule has 1 aromatic heterocycles. The van der Waals surface area contributed by atoms with E-state index in [1.54, 1.807) is 6.92 Å². The fourth-order valence-electron chi connectivity index (χ4n) is 2.90. The first-order valence-corrected chi connectivity index (χ1v) is 7.62. The third kappa shape index (κ3) is 3.27. The maximum Gasteiger partial charge on any atom is 0.417 e. The summed E-state index contributed by atoms with van der Waals surface area (Å²) >= 11 is 0. The number of nitrogens with zero attached hydrogens (tertiary/aromatic N) is 3. The lowest BCUT2D eigenvalue weighted by Gasteiger charge is -2.31. The van der Waals surface area contributed by atoms with Gasteiger partial charge in [0.15, 0.2) is 5.82 Å². The zero-order valence-electron chi connectivity index (χ0n) is 13.0. The molecule has 3 rings (SSSR count). The molecule has 0 bridgehead atoms. The smallest absolute Gasteiger partial charge is 0.339 e. The van der Waals surface area contributed by atoms with Gasteiger partial charge in [-0.15, -0.1) is 0 Å². The van der Waals surface area contributed by atoms with Gasteiger partial charge in [0.2, 0.25) is 5.89 Å². The fourth-order valence-corrected chi connectivity index (χ4v) is 2.90. The molecule has 0 N–H and O–H groups in total. The minimum Gasteiger partial charge on any atom is -0.339 e. The van der Waals surface area contributed by atoms with Crippen LogP contribution in [-0.2, 0) is 6.18 Å². The lowest BCUT2D eigenvalue weighted by atomic mass is 9.95. The predicted molar refractivity (Wildman–Crippen MR) is 78.4 cm³/mol. The number of likely N-dealkylation sites (tertiary alicyclic amines) is 1. The summed E-state index contributed by atoms with van der Waals surface area (Å²) in [6, 6.07) is 4.87. The lowest BCUT2D eigenvalue weighted by molar-refractivity contribution is -0.138. The third-order valence-electron chi connectivity index (χ3n) is 4.14. The second-order valence-corrected chi connectivity index (χ2v) is 5.79. The minimum absolute atomic E-state index is 0.0353. The maximum absolute atomic E-state index is 13.1. The number of piperidine rings is 1. The third-order valence-corrected chi connectivity index (χ3v) is 4.14. The van der Waals surface area contributed by atoms with E-state index in [9.17, 15) is 18.0 Å². The highest BCUT2D eigenvalue weighted by Crippen LogP contribution is 2.33. The molecule has 8 heteroatoms. The molecule has 0 saturated carbocycles. The molecular formula is C16H16F3N3O2. The Labute approximate surface area is 136 Å². The molecule has 2 heterocycles. The summed E-state index contributed by atoms with van der Waals surface area (Å²) < 4.78 is 44.3. The van der Waals surface area contributed by atoms with Crippen LogP contribution in [0.3, 0.4) is 0 Å². The number of alkyl halides is 3. The molecule has 1 saturated heterocycles. The van der Waals surface area contributed by atoms with Gasteiger partial charge in [-0.05, 0) is 31.9 Å². The zero-order valence-corrected chi connectivity index (χ0v) is 13.0. The highest BCUT2D eigenvalue weighted by atomic mass is 19.4. The topological polar surface area (TPSA) is 59.2 Å². The number of halogens is 3. The number of carbonyl (C=O) groups excluding carboxylic acids is 1. The van der Waals surface area contributed by atoms with Crippen LogP contribution < -0.4 is 0 Å². The minimum atomic E-state index is -4.55. The first-order valence-electron chi connectivity index (χ1n) is 7.62. The van der Waals surface area contributed by atoms with Crippen molar-refractivity contribution < 1.29 is 22.5 Å². The van der Waals surface area contributed by atoms with Gasteiger partial charge in [-0.1, -0.05) is 17.3 Å². The van der Waals surface area contributed by atoms with E-state index in [0.29, 0.717) is 37.6 Å². The summed E-state index contributed by atoms with van der Waals surface area (Å²) in [5, 5.41) is 3.74. The van der Waals surface area contributed by atoms with Crippen molar-refractivity contribution in [2.45, 2.75) is 31.9 Å². The molecule has 1 amide bonds. The van der Waals surface area contributed by atoms with Gasteiger partial charge in [0.05, 0.1) is 11.1 Å². The van der Waals surface area contributed by atoms with Crippen molar-refractivity contribution in [3.8, 4) is 0 Å². The number of benzene rings is 1. The Morgan fingerprint density at radius 2 is 1.92 bits per heavy atom. The standard InChI is InChI=1S/C16H16F3N3O2/c1-10-20-14(24-21-10)11-6-8-22(9-7-11)15(23)12-4-2-3-5-13(12)16(17,18)19/h2-5,11H,6-9H2,1H3. The van der Waals surface area contributed by atoms with Crippen LogP contribution in [0.5, 0.6) is 0 Å². The van der Waals surface area contributed by atoms with Crippen LogP contribution in [0.25, 0.3) is 0 Å². The molecule has 0 spiro atoms. The maximum atomic E-state index is 13.1. The number of aromatic nitrogens is 2. The summed E-state index contributed by atoms with van der Waals surface area (Å²) in [4.78, 5) is 18.1. The molecule has 24 heavy (non-hydrogen) atoms. The Hall–Kier alpha value is -2.38. The Kier molecular flexibility index (Phi) is 4.29. The molecule has 1 aliphatic heterocycles. The Bertz CT molecular complexity index is 734. The summed E-state index contributed by atoms with van der Waals surface area (Å²) in [6.07, 6.45) is -3.38. The molecule has 0 unspecified atom stereocenters. The Balaban J connectivity index is 1.72. The van der Waals surface area contributed by atoms with Crippen LogP contribution in [0.4, 0.5) is 13.2 Å². The molecule has 2 aromatic rings. The van der Waals surface area contributed by atoms with Crippen molar-refractivity contribution in [3.63, 3.8) is 0 Å². The van der Waals surface area contributed by atoms with Crippen LogP contribution in [0.2, 0.25) is 0 Å². The van der Waals surface area contributed by atoms with Crippen LogP contribution in [0, 0.1) is 6.92 Å². The average molecular weight is 339 g/mol. The number of rotatable bonds is 2. The zero-order chi connectivity index (χ0) is 17.3. The summed E-state index contributed by atoms with van der Waals surface area (Å²) in [7, 11) is 0. The van der Waals surface area contributed by atoms with Gasteiger partial charge in [0.25, 0.3) is 5.91 Å². The highest BCUT2D eigenvalue weighted by Gasteiger charge is 2.36. The van der Waals surface area contributed by atoms with Crippen molar-refractivity contribution >= 4 is 5.91 Å². The van der Waals surface area contributed by atoms with Crippen LogP contribution in [0.15, 0.2) is 28.8 Å². The van der Waals surface area contributed by atoms with E-state index in [2.05, 4.69) is 10.1 Å². The Morgan fingerprint density at radius 3 is 2.50 bits per heavy atom. The first-order chi connectivity index (χ1) is 11.4. The predicted octanol–water partition coefficient (Wildman–Crippen LogP) is 3.42.